The molecule has 0 heterocycles. The Balaban J connectivity index is 3.22. The van der Waals surface area contributed by atoms with Gasteiger partial charge in [-0.3, -0.25) is 4.79 Å². The van der Waals surface area contributed by atoms with Crippen molar-refractivity contribution in [2.45, 2.75) is 4.90 Å². The fourth-order valence-corrected chi connectivity index (χ4v) is 2.75. The molecule has 0 saturated carbocycles. The van der Waals surface area contributed by atoms with Crippen LogP contribution < -0.4 is 4.74 Å². The highest BCUT2D eigenvalue weighted by Crippen LogP contribution is 2.22. The topological polar surface area (TPSA) is 83.9 Å². The Morgan fingerprint density at radius 1 is 1.55 bits per heavy atom. The number of halogens is 1. The molecule has 8 heteroatoms. The molecule has 0 aromatic heterocycles. The molecule has 1 N–H and O–H groups in total. The molecule has 0 atom stereocenters. The second kappa shape index (κ2) is 6.36. The summed E-state index contributed by atoms with van der Waals surface area (Å²) < 4.78 is 43.1. The monoisotopic (exact) mass is 301 g/mol. The van der Waals surface area contributed by atoms with E-state index >= 15 is 0 Å². The van der Waals surface area contributed by atoms with Crippen LogP contribution in [0.5, 0.6) is 5.75 Å². The Bertz CT molecular complexity index is 650. The largest absolute Gasteiger partial charge is 0.494 e. The van der Waals surface area contributed by atoms with E-state index in [-0.39, 0.29) is 5.75 Å². The minimum Gasteiger partial charge on any atom is -0.494 e. The number of ether oxygens (including phenoxy) is 1. The first-order valence-corrected chi connectivity index (χ1v) is 6.76. The molecule has 1 aromatic carbocycles. The predicted octanol–water partition coefficient (Wildman–Crippen LogP) is 0.543. The van der Waals surface area contributed by atoms with Gasteiger partial charge in [-0.1, -0.05) is 5.92 Å². The quantitative estimate of drug-likeness (QED) is 0.775. The van der Waals surface area contributed by atoms with E-state index in [0.717, 1.165) is 18.2 Å². The lowest BCUT2D eigenvalue weighted by Gasteiger charge is -2.18. The lowest BCUT2D eigenvalue weighted by atomic mass is 10.3. The normalized spacial score (nSPS) is 11.1. The minimum atomic E-state index is -4.19. The number of benzene rings is 1. The summed E-state index contributed by atoms with van der Waals surface area (Å²) in [5.41, 5.74) is 0. The van der Waals surface area contributed by atoms with Crippen molar-refractivity contribution in [1.82, 2.24) is 4.31 Å². The summed E-state index contributed by atoms with van der Waals surface area (Å²) in [4.78, 5) is 10.3. The van der Waals surface area contributed by atoms with Gasteiger partial charge < -0.3 is 9.84 Å². The third-order valence-corrected chi connectivity index (χ3v) is 4.13. The number of hydrogen-bond acceptors (Lipinski definition) is 4. The van der Waals surface area contributed by atoms with Crippen LogP contribution in [0.1, 0.15) is 0 Å². The molecule has 0 amide bonds. The highest BCUT2D eigenvalue weighted by molar-refractivity contribution is 7.89. The minimum absolute atomic E-state index is 0.120. The highest BCUT2D eigenvalue weighted by Gasteiger charge is 2.26. The molecular formula is C12H12FNO5S. The number of methoxy groups -OCH3 is 1. The zero-order valence-corrected chi connectivity index (χ0v) is 11.4. The standard InChI is InChI=1S/C12H12FNO5S/c1-3-6-14(8-12(15)16)20(17,18)9-4-5-11(19-2)10(13)7-9/h1,4-5,7H,6,8H2,2H3,(H,15,16). The van der Waals surface area contributed by atoms with Gasteiger partial charge in [-0.2, -0.15) is 4.31 Å². The lowest BCUT2D eigenvalue weighted by Crippen LogP contribution is -2.36. The summed E-state index contributed by atoms with van der Waals surface area (Å²) in [5.74, 6) is -0.302. The number of carboxylic acids is 1. The average Bonchev–Trinajstić information content (AvgIpc) is 2.37. The third kappa shape index (κ3) is 3.46. The van der Waals surface area contributed by atoms with Crippen molar-refractivity contribution in [2.75, 3.05) is 20.2 Å². The van der Waals surface area contributed by atoms with Gasteiger partial charge in [-0.05, 0) is 18.2 Å². The van der Waals surface area contributed by atoms with Gasteiger partial charge in [-0.15, -0.1) is 6.42 Å². The molecule has 1 aromatic rings. The van der Waals surface area contributed by atoms with Crippen LogP contribution in [0.4, 0.5) is 4.39 Å². The molecule has 6 nitrogen and oxygen atoms in total. The van der Waals surface area contributed by atoms with Crippen LogP contribution in [0.15, 0.2) is 23.1 Å². The summed E-state index contributed by atoms with van der Waals surface area (Å²) in [6, 6.07) is 3.00. The maximum Gasteiger partial charge on any atom is 0.318 e. The van der Waals surface area contributed by atoms with Gasteiger partial charge in [0.25, 0.3) is 0 Å². The third-order valence-electron chi connectivity index (χ3n) is 2.34. The molecule has 1 rings (SSSR count). The van der Waals surface area contributed by atoms with Crippen molar-refractivity contribution < 1.29 is 27.4 Å². The Kier molecular flexibility index (Phi) is 5.07. The van der Waals surface area contributed by atoms with E-state index in [1.54, 1.807) is 0 Å². The molecule has 20 heavy (non-hydrogen) atoms. The van der Waals surface area contributed by atoms with E-state index in [4.69, 9.17) is 11.5 Å². The zero-order chi connectivity index (χ0) is 15.3. The molecule has 0 aliphatic carbocycles. The van der Waals surface area contributed by atoms with Gasteiger partial charge in [0.1, 0.15) is 6.54 Å². The Hall–Kier alpha value is -2.11. The fraction of sp³-hybridized carbons (Fsp3) is 0.250. The average molecular weight is 301 g/mol. The van der Waals surface area contributed by atoms with Crippen LogP contribution in [0, 0.1) is 18.2 Å². The smallest absolute Gasteiger partial charge is 0.318 e. The first-order valence-electron chi connectivity index (χ1n) is 5.32. The number of nitrogens with zero attached hydrogens (tertiary/aromatic N) is 1. The van der Waals surface area contributed by atoms with Crippen LogP contribution in [0.2, 0.25) is 0 Å². The van der Waals surface area contributed by atoms with Gasteiger partial charge in [0, 0.05) is 0 Å². The molecule has 0 aliphatic heterocycles. The number of rotatable bonds is 6. The van der Waals surface area contributed by atoms with Crippen molar-refractivity contribution in [3.05, 3.63) is 24.0 Å². The van der Waals surface area contributed by atoms with E-state index in [0.29, 0.717) is 4.31 Å². The van der Waals surface area contributed by atoms with Crippen molar-refractivity contribution in [3.8, 4) is 18.1 Å². The van der Waals surface area contributed by atoms with Crippen LogP contribution in [0.25, 0.3) is 0 Å². The molecule has 0 bridgehead atoms. The molecule has 0 spiro atoms. The summed E-state index contributed by atoms with van der Waals surface area (Å²) in [5, 5.41) is 8.69. The number of carbonyl (C=O) groups is 1. The zero-order valence-electron chi connectivity index (χ0n) is 10.5. The van der Waals surface area contributed by atoms with Gasteiger partial charge >= 0.3 is 5.97 Å². The van der Waals surface area contributed by atoms with Crippen LogP contribution in [-0.4, -0.2) is 44.0 Å². The Morgan fingerprint density at radius 2 is 2.20 bits per heavy atom. The van der Waals surface area contributed by atoms with Crippen molar-refractivity contribution in [1.29, 1.82) is 0 Å². The second-order valence-electron chi connectivity index (χ2n) is 3.67. The number of carboxylic acid groups (broad SMARTS) is 1. The highest BCUT2D eigenvalue weighted by atomic mass is 32.2. The van der Waals surface area contributed by atoms with Crippen LogP contribution in [0.3, 0.4) is 0 Å². The van der Waals surface area contributed by atoms with Crippen molar-refractivity contribution in [3.63, 3.8) is 0 Å². The molecule has 0 radical (unpaired) electrons. The molecule has 108 valence electrons. The van der Waals surface area contributed by atoms with E-state index < -0.39 is 39.8 Å². The summed E-state index contributed by atoms with van der Waals surface area (Å²) >= 11 is 0. The number of sulfonamides is 1. The molecule has 0 aliphatic rings. The maximum atomic E-state index is 13.5. The molecule has 0 saturated heterocycles. The molecule has 0 unspecified atom stereocenters. The second-order valence-corrected chi connectivity index (χ2v) is 5.61. The first kappa shape index (κ1) is 15.9. The van der Waals surface area contributed by atoms with Gasteiger partial charge in [0.2, 0.25) is 10.0 Å². The molecular weight excluding hydrogens is 289 g/mol. The Labute approximate surface area is 115 Å². The van der Waals surface area contributed by atoms with Gasteiger partial charge in [0.05, 0.1) is 18.6 Å². The molecule has 0 fully saturated rings. The van der Waals surface area contributed by atoms with Crippen LogP contribution >= 0.6 is 0 Å². The maximum absolute atomic E-state index is 13.5. The van der Waals surface area contributed by atoms with Gasteiger partial charge in [-0.25, -0.2) is 12.8 Å². The number of terminal acetylenes is 1. The predicted molar refractivity (Wildman–Crippen MR) is 68.2 cm³/mol. The Morgan fingerprint density at radius 3 is 2.65 bits per heavy atom. The summed E-state index contributed by atoms with van der Waals surface area (Å²) in [7, 11) is -2.95. The van der Waals surface area contributed by atoms with Crippen molar-refractivity contribution in [2.24, 2.45) is 0 Å². The number of hydrogen-bond donors (Lipinski definition) is 1. The van der Waals surface area contributed by atoms with E-state index in [1.807, 2.05) is 0 Å². The summed E-state index contributed by atoms with van der Waals surface area (Å²) in [6.07, 6.45) is 5.01. The summed E-state index contributed by atoms with van der Waals surface area (Å²) in [6.45, 7) is -1.23. The van der Waals surface area contributed by atoms with E-state index in [2.05, 4.69) is 10.7 Å². The van der Waals surface area contributed by atoms with E-state index in [9.17, 15) is 17.6 Å². The van der Waals surface area contributed by atoms with E-state index in [1.165, 1.54) is 7.11 Å². The van der Waals surface area contributed by atoms with Crippen LogP contribution in [-0.2, 0) is 14.8 Å². The first-order chi connectivity index (χ1) is 9.32. The van der Waals surface area contributed by atoms with Gasteiger partial charge in [0.15, 0.2) is 11.6 Å². The lowest BCUT2D eigenvalue weighted by molar-refractivity contribution is -0.137. The number of aliphatic carboxylic acids is 1. The van der Waals surface area contributed by atoms with Crippen molar-refractivity contribution >= 4 is 16.0 Å². The fourth-order valence-electron chi connectivity index (χ4n) is 1.44. The SMILES string of the molecule is C#CCN(CC(=O)O)S(=O)(=O)c1ccc(OC)c(F)c1.